The Morgan fingerprint density at radius 2 is 1.78 bits per heavy atom. The molecule has 0 bridgehead atoms. The fraction of sp³-hybridized carbons (Fsp3) is 0.371. The molecule has 0 aliphatic heterocycles. The van der Waals surface area contributed by atoms with Crippen LogP contribution in [-0.2, 0) is 22.5 Å². The van der Waals surface area contributed by atoms with Gasteiger partial charge in [0.25, 0.3) is 5.09 Å². The van der Waals surface area contributed by atoms with Gasteiger partial charge < -0.3 is 20.2 Å². The second kappa shape index (κ2) is 15.3. The fourth-order valence-corrected chi connectivity index (χ4v) is 5.71. The van der Waals surface area contributed by atoms with Crippen LogP contribution in [0.3, 0.4) is 0 Å². The Morgan fingerprint density at radius 1 is 1.00 bits per heavy atom. The van der Waals surface area contributed by atoms with Crippen molar-refractivity contribution in [1.82, 2.24) is 10.3 Å². The van der Waals surface area contributed by atoms with Gasteiger partial charge in [-0.05, 0) is 86.4 Å². The molecule has 1 amide bonds. The highest BCUT2D eigenvalue weighted by molar-refractivity contribution is 5.93. The fourth-order valence-electron chi connectivity index (χ4n) is 5.71. The molecule has 236 valence electrons. The minimum atomic E-state index is -0.835. The molecule has 0 spiro atoms. The number of fused-ring (bicyclic) bond motifs is 2. The Hall–Kier alpha value is -4.73. The lowest BCUT2D eigenvalue weighted by atomic mass is 9.92. The normalized spacial score (nSPS) is 13.1. The largest absolute Gasteiger partial charge is 0.494 e. The third-order valence-corrected chi connectivity index (χ3v) is 8.18. The number of carbonyl (C=O) groups excluding carboxylic acids is 1. The van der Waals surface area contributed by atoms with Crippen LogP contribution < -0.4 is 15.4 Å². The van der Waals surface area contributed by atoms with Gasteiger partial charge in [0.05, 0.1) is 24.6 Å². The standard InChI is InChI=1S/C35H39FN4O5/c1-24(26-15-18-28(31(36)23-26)25-13-16-27(17-14-25)44-21-8-22-45-40(42)43)35(41)38-20-7-6-19-37-34-29-9-2-4-11-32(29)39-33-12-5-3-10-30(33)34/h2,4,9,11,13-18,23-24H,3,5-8,10,12,19-22H2,1H3,(H,37,39)(H,38,41). The summed E-state index contributed by atoms with van der Waals surface area (Å²) in [6, 6.07) is 20.1. The maximum atomic E-state index is 15.1. The number of hydrogen-bond donors (Lipinski definition) is 2. The Kier molecular flexibility index (Phi) is 10.8. The summed E-state index contributed by atoms with van der Waals surface area (Å²) in [4.78, 5) is 32.2. The highest BCUT2D eigenvalue weighted by atomic mass is 19.1. The maximum Gasteiger partial charge on any atom is 0.294 e. The van der Waals surface area contributed by atoms with Gasteiger partial charge in [-0.3, -0.25) is 9.78 Å². The molecule has 1 unspecified atom stereocenters. The number of halogens is 1. The van der Waals surface area contributed by atoms with E-state index >= 15 is 4.39 Å². The first-order valence-corrected chi connectivity index (χ1v) is 15.6. The smallest absolute Gasteiger partial charge is 0.294 e. The number of aromatic nitrogens is 1. The molecule has 45 heavy (non-hydrogen) atoms. The van der Waals surface area contributed by atoms with Gasteiger partial charge in [-0.15, -0.1) is 10.1 Å². The van der Waals surface area contributed by atoms with Crippen molar-refractivity contribution in [3.63, 3.8) is 0 Å². The van der Waals surface area contributed by atoms with Gasteiger partial charge in [0.15, 0.2) is 0 Å². The number of aryl methyl sites for hydroxylation is 1. The summed E-state index contributed by atoms with van der Waals surface area (Å²) >= 11 is 0. The van der Waals surface area contributed by atoms with Gasteiger partial charge in [0.2, 0.25) is 5.91 Å². The molecule has 0 saturated carbocycles. The van der Waals surface area contributed by atoms with Crippen molar-refractivity contribution in [1.29, 1.82) is 0 Å². The summed E-state index contributed by atoms with van der Waals surface area (Å²) in [6.07, 6.45) is 6.57. The van der Waals surface area contributed by atoms with E-state index in [1.54, 1.807) is 43.3 Å². The third kappa shape index (κ3) is 8.26. The van der Waals surface area contributed by atoms with Gasteiger partial charge in [-0.2, -0.15) is 0 Å². The molecular weight excluding hydrogens is 575 g/mol. The number of hydrogen-bond acceptors (Lipinski definition) is 7. The highest BCUT2D eigenvalue weighted by Crippen LogP contribution is 2.33. The summed E-state index contributed by atoms with van der Waals surface area (Å²) in [5.41, 5.74) is 6.52. The quantitative estimate of drug-likeness (QED) is 0.0841. The molecule has 0 fully saturated rings. The van der Waals surface area contributed by atoms with Crippen LogP contribution in [0.4, 0.5) is 10.1 Å². The lowest BCUT2D eigenvalue weighted by Crippen LogP contribution is -2.29. The van der Waals surface area contributed by atoms with Gasteiger partial charge in [-0.25, -0.2) is 4.39 Å². The second-order valence-corrected chi connectivity index (χ2v) is 11.3. The van der Waals surface area contributed by atoms with Crippen LogP contribution in [0, 0.1) is 15.9 Å². The van der Waals surface area contributed by atoms with Gasteiger partial charge >= 0.3 is 0 Å². The molecule has 2 N–H and O–H groups in total. The van der Waals surface area contributed by atoms with Crippen molar-refractivity contribution in [3.05, 3.63) is 99.5 Å². The number of para-hydroxylation sites is 1. The van der Waals surface area contributed by atoms with Gasteiger partial charge in [0.1, 0.15) is 11.6 Å². The molecule has 1 aliphatic carbocycles. The van der Waals surface area contributed by atoms with Crippen LogP contribution in [0.15, 0.2) is 66.7 Å². The van der Waals surface area contributed by atoms with Crippen LogP contribution in [0.1, 0.15) is 61.8 Å². The SMILES string of the molecule is CC(C(=O)NCCCCNc1c2c(nc3ccccc13)CCCC2)c1ccc(-c2ccc(OCCCO[N+](=O)[O-])cc2)c(F)c1. The van der Waals surface area contributed by atoms with Crippen LogP contribution in [0.25, 0.3) is 22.0 Å². The van der Waals surface area contributed by atoms with E-state index in [0.717, 1.165) is 37.7 Å². The van der Waals surface area contributed by atoms with Crippen molar-refractivity contribution in [2.24, 2.45) is 0 Å². The number of nitrogens with one attached hydrogen (secondary N) is 2. The van der Waals surface area contributed by atoms with E-state index in [0.29, 0.717) is 35.4 Å². The highest BCUT2D eigenvalue weighted by Gasteiger charge is 2.19. The van der Waals surface area contributed by atoms with Crippen LogP contribution in [0.2, 0.25) is 0 Å². The molecule has 1 aromatic heterocycles. The number of ether oxygens (including phenoxy) is 1. The number of amides is 1. The Bertz CT molecular complexity index is 1630. The Morgan fingerprint density at radius 3 is 2.58 bits per heavy atom. The van der Waals surface area contributed by atoms with Crippen LogP contribution in [0.5, 0.6) is 5.75 Å². The van der Waals surface area contributed by atoms with E-state index in [2.05, 4.69) is 33.7 Å². The Balaban J connectivity index is 1.07. The molecule has 10 heteroatoms. The predicted molar refractivity (Wildman–Crippen MR) is 172 cm³/mol. The molecule has 1 heterocycles. The summed E-state index contributed by atoms with van der Waals surface area (Å²) < 4.78 is 20.7. The van der Waals surface area contributed by atoms with Crippen LogP contribution in [-0.4, -0.2) is 42.3 Å². The third-order valence-electron chi connectivity index (χ3n) is 8.18. The number of rotatable bonds is 15. The number of anilines is 1. The van der Waals surface area contributed by atoms with Crippen molar-refractivity contribution in [2.75, 3.05) is 31.6 Å². The first-order chi connectivity index (χ1) is 21.9. The molecule has 1 atom stereocenters. The first-order valence-electron chi connectivity index (χ1n) is 15.6. The van der Waals surface area contributed by atoms with E-state index < -0.39 is 16.8 Å². The summed E-state index contributed by atoms with van der Waals surface area (Å²) in [5.74, 6) is -0.455. The summed E-state index contributed by atoms with van der Waals surface area (Å²) in [6.45, 7) is 3.37. The minimum Gasteiger partial charge on any atom is -0.494 e. The number of benzene rings is 3. The molecule has 9 nitrogen and oxygen atoms in total. The molecule has 1 aliphatic rings. The molecular formula is C35H39FN4O5. The number of pyridine rings is 1. The predicted octanol–water partition coefficient (Wildman–Crippen LogP) is 7.01. The zero-order chi connectivity index (χ0) is 31.6. The lowest BCUT2D eigenvalue weighted by molar-refractivity contribution is -0.757. The average molecular weight is 615 g/mol. The van der Waals surface area contributed by atoms with Crippen molar-refractivity contribution in [3.8, 4) is 16.9 Å². The van der Waals surface area contributed by atoms with E-state index in [4.69, 9.17) is 9.72 Å². The van der Waals surface area contributed by atoms with Crippen molar-refractivity contribution >= 4 is 22.5 Å². The molecule has 0 radical (unpaired) electrons. The van der Waals surface area contributed by atoms with E-state index in [1.807, 2.05) is 6.07 Å². The van der Waals surface area contributed by atoms with E-state index in [1.165, 1.54) is 41.2 Å². The van der Waals surface area contributed by atoms with Gasteiger partial charge in [-0.1, -0.05) is 42.5 Å². The summed E-state index contributed by atoms with van der Waals surface area (Å²) in [7, 11) is 0. The van der Waals surface area contributed by atoms with Crippen molar-refractivity contribution < 1.29 is 23.8 Å². The zero-order valence-corrected chi connectivity index (χ0v) is 25.5. The molecule has 5 rings (SSSR count). The number of carbonyl (C=O) groups is 1. The maximum absolute atomic E-state index is 15.1. The minimum absolute atomic E-state index is 0.0390. The van der Waals surface area contributed by atoms with Crippen LogP contribution >= 0.6 is 0 Å². The van der Waals surface area contributed by atoms with E-state index in [9.17, 15) is 14.9 Å². The van der Waals surface area contributed by atoms with Gasteiger partial charge in [0, 0.05) is 41.8 Å². The monoisotopic (exact) mass is 614 g/mol. The van der Waals surface area contributed by atoms with E-state index in [-0.39, 0.29) is 19.1 Å². The molecule has 4 aromatic rings. The number of nitrogens with zero attached hydrogens (tertiary/aromatic N) is 2. The second-order valence-electron chi connectivity index (χ2n) is 11.3. The molecule has 3 aromatic carbocycles. The zero-order valence-electron chi connectivity index (χ0n) is 25.5. The number of unbranched alkanes of at least 4 members (excludes halogenated alkanes) is 1. The Labute approximate surface area is 262 Å². The average Bonchev–Trinajstić information content (AvgIpc) is 3.05. The summed E-state index contributed by atoms with van der Waals surface area (Å²) in [5, 5.41) is 17.2. The molecule has 0 saturated heterocycles. The van der Waals surface area contributed by atoms with Crippen molar-refractivity contribution in [2.45, 2.75) is 57.8 Å². The topological polar surface area (TPSA) is 116 Å². The first kappa shape index (κ1) is 31.7. The lowest BCUT2D eigenvalue weighted by Gasteiger charge is -2.21.